The Morgan fingerprint density at radius 3 is 2.68 bits per heavy atom. The van der Waals surface area contributed by atoms with E-state index in [0.29, 0.717) is 0 Å². The van der Waals surface area contributed by atoms with Gasteiger partial charge in [-0.15, -0.1) is 0 Å². The van der Waals surface area contributed by atoms with E-state index in [0.717, 1.165) is 4.57 Å². The first-order valence-corrected chi connectivity index (χ1v) is 7.41. The highest BCUT2D eigenvalue weighted by Gasteiger charge is 2.40. The molecule has 1 aromatic heterocycles. The Labute approximate surface area is 140 Å². The number of aromatic nitrogens is 2. The molecule has 0 spiro atoms. The van der Waals surface area contributed by atoms with Crippen LogP contribution in [0.5, 0.6) is 0 Å². The van der Waals surface area contributed by atoms with Crippen molar-refractivity contribution in [2.24, 2.45) is 0 Å². The highest BCUT2D eigenvalue weighted by atomic mass is 16.6. The third-order valence-corrected chi connectivity index (χ3v) is 3.79. The van der Waals surface area contributed by atoms with Crippen LogP contribution < -0.4 is 11.2 Å². The molecule has 1 saturated heterocycles. The molecular formula is C14H18N2O9. The summed E-state index contributed by atoms with van der Waals surface area (Å²) in [5, 5.41) is 27.2. The van der Waals surface area contributed by atoms with Gasteiger partial charge in [0.15, 0.2) is 6.10 Å². The number of aliphatic carboxylic acids is 2. The molecule has 138 valence electrons. The Morgan fingerprint density at radius 2 is 2.12 bits per heavy atom. The molecule has 1 unspecified atom stereocenters. The molecule has 0 amide bonds. The lowest BCUT2D eigenvalue weighted by molar-refractivity contribution is -0.163. The molecule has 1 aromatic rings. The van der Waals surface area contributed by atoms with Crippen molar-refractivity contribution in [3.63, 3.8) is 0 Å². The number of nitrogens with zero attached hydrogens (tertiary/aromatic N) is 1. The molecule has 11 heteroatoms. The van der Waals surface area contributed by atoms with E-state index >= 15 is 0 Å². The predicted molar refractivity (Wildman–Crippen MR) is 80.2 cm³/mol. The van der Waals surface area contributed by atoms with Gasteiger partial charge in [-0.05, 0) is 6.92 Å². The van der Waals surface area contributed by atoms with E-state index in [1.54, 1.807) is 0 Å². The maximum absolute atomic E-state index is 11.9. The molecule has 25 heavy (non-hydrogen) atoms. The third kappa shape index (κ3) is 4.32. The van der Waals surface area contributed by atoms with E-state index in [-0.39, 0.29) is 12.0 Å². The molecule has 4 atom stereocenters. The average molecular weight is 358 g/mol. The summed E-state index contributed by atoms with van der Waals surface area (Å²) in [5.41, 5.74) is -1.00. The topological polar surface area (TPSA) is 168 Å². The Morgan fingerprint density at radius 1 is 1.44 bits per heavy atom. The fourth-order valence-electron chi connectivity index (χ4n) is 2.54. The van der Waals surface area contributed by atoms with Crippen molar-refractivity contribution in [1.82, 2.24) is 9.55 Å². The quantitative estimate of drug-likeness (QED) is 0.450. The molecule has 1 aliphatic heterocycles. The van der Waals surface area contributed by atoms with Gasteiger partial charge >= 0.3 is 17.6 Å². The lowest BCUT2D eigenvalue weighted by atomic mass is 10.1. The van der Waals surface area contributed by atoms with Crippen molar-refractivity contribution < 1.29 is 34.4 Å². The zero-order valence-corrected chi connectivity index (χ0v) is 13.2. The molecule has 0 bridgehead atoms. The Bertz CT molecular complexity index is 768. The number of hydrogen-bond acceptors (Lipinski definition) is 7. The van der Waals surface area contributed by atoms with Crippen LogP contribution in [0.25, 0.3) is 0 Å². The maximum Gasteiger partial charge on any atom is 0.333 e. The number of carboxylic acids is 2. The van der Waals surface area contributed by atoms with Gasteiger partial charge in [-0.3, -0.25) is 19.1 Å². The van der Waals surface area contributed by atoms with Gasteiger partial charge in [0, 0.05) is 18.2 Å². The van der Waals surface area contributed by atoms with E-state index in [4.69, 9.17) is 19.7 Å². The monoisotopic (exact) mass is 358 g/mol. The summed E-state index contributed by atoms with van der Waals surface area (Å²) in [4.78, 5) is 47.3. The number of rotatable bonds is 7. The van der Waals surface area contributed by atoms with Crippen molar-refractivity contribution in [3.8, 4) is 0 Å². The normalized spacial score (nSPS) is 24.2. The van der Waals surface area contributed by atoms with Crippen molar-refractivity contribution >= 4 is 11.9 Å². The smallest absolute Gasteiger partial charge is 0.333 e. The summed E-state index contributed by atoms with van der Waals surface area (Å²) in [6, 6.07) is 0. The minimum Gasteiger partial charge on any atom is -0.481 e. The lowest BCUT2D eigenvalue weighted by Crippen LogP contribution is -2.36. The van der Waals surface area contributed by atoms with Crippen molar-refractivity contribution in [1.29, 1.82) is 0 Å². The van der Waals surface area contributed by atoms with Crippen LogP contribution in [-0.4, -0.2) is 61.7 Å². The summed E-state index contributed by atoms with van der Waals surface area (Å²) >= 11 is 0. The summed E-state index contributed by atoms with van der Waals surface area (Å²) in [6.45, 7) is 0.978. The first kappa shape index (κ1) is 18.8. The largest absolute Gasteiger partial charge is 0.481 e. The predicted octanol–water partition coefficient (Wildman–Crippen LogP) is -1.56. The van der Waals surface area contributed by atoms with Crippen molar-refractivity contribution in [2.75, 3.05) is 6.61 Å². The maximum atomic E-state index is 11.9. The second kappa shape index (κ2) is 7.59. The number of aryl methyl sites for hydroxylation is 1. The number of aliphatic hydroxyl groups is 1. The van der Waals surface area contributed by atoms with Crippen molar-refractivity contribution in [2.45, 2.75) is 44.3 Å². The van der Waals surface area contributed by atoms with Crippen LogP contribution in [0, 0.1) is 6.92 Å². The molecule has 11 nitrogen and oxygen atoms in total. The molecule has 2 heterocycles. The highest BCUT2D eigenvalue weighted by Crippen LogP contribution is 2.30. The number of carbonyl (C=O) groups is 2. The average Bonchev–Trinajstić information content (AvgIpc) is 2.92. The lowest BCUT2D eigenvalue weighted by Gasteiger charge is -2.20. The number of H-pyrrole nitrogens is 1. The van der Waals surface area contributed by atoms with E-state index in [1.807, 2.05) is 0 Å². The minimum absolute atomic E-state index is 0.0000161. The van der Waals surface area contributed by atoms with Crippen LogP contribution in [0.15, 0.2) is 15.8 Å². The fraction of sp³-hybridized carbons (Fsp3) is 0.571. The van der Waals surface area contributed by atoms with Gasteiger partial charge in [0.05, 0.1) is 19.1 Å². The standard InChI is InChI=1S/C14H18N2O9/c1-6-4-16(14(23)15-12(6)20)10-2-7(9(5-17)25-10)24-8(13(21)22)3-11(18)19/h4,7-10,17H,2-3,5H2,1H3,(H,18,19)(H,21,22)(H,15,20,23)/t7-,8?,9+,10+/m0/s1. The number of aliphatic hydroxyl groups excluding tert-OH is 1. The first-order valence-electron chi connectivity index (χ1n) is 7.41. The van der Waals surface area contributed by atoms with Crippen LogP contribution in [0.4, 0.5) is 0 Å². The van der Waals surface area contributed by atoms with Gasteiger partial charge in [-0.2, -0.15) is 0 Å². The molecule has 0 aliphatic carbocycles. The van der Waals surface area contributed by atoms with Gasteiger partial charge in [0.2, 0.25) is 0 Å². The zero-order chi connectivity index (χ0) is 18.7. The Hall–Kier alpha value is -2.50. The number of hydrogen-bond donors (Lipinski definition) is 4. The van der Waals surface area contributed by atoms with Gasteiger partial charge in [0.1, 0.15) is 12.3 Å². The minimum atomic E-state index is -1.62. The molecule has 1 aliphatic rings. The molecule has 2 rings (SSSR count). The van der Waals surface area contributed by atoms with Gasteiger partial charge in [-0.1, -0.05) is 0 Å². The van der Waals surface area contributed by atoms with Gasteiger partial charge < -0.3 is 24.8 Å². The summed E-state index contributed by atoms with van der Waals surface area (Å²) in [7, 11) is 0. The van der Waals surface area contributed by atoms with Crippen LogP contribution >= 0.6 is 0 Å². The third-order valence-electron chi connectivity index (χ3n) is 3.79. The number of carboxylic acid groups (broad SMARTS) is 2. The molecule has 4 N–H and O–H groups in total. The van der Waals surface area contributed by atoms with E-state index in [1.165, 1.54) is 13.1 Å². The molecule has 0 aromatic carbocycles. The molecule has 0 saturated carbocycles. The molecule has 1 fully saturated rings. The molecular weight excluding hydrogens is 340 g/mol. The molecule has 0 radical (unpaired) electrons. The summed E-state index contributed by atoms with van der Waals surface area (Å²) < 4.78 is 11.9. The second-order valence-corrected chi connectivity index (χ2v) is 5.63. The first-order chi connectivity index (χ1) is 11.7. The zero-order valence-electron chi connectivity index (χ0n) is 13.2. The number of nitrogens with one attached hydrogen (secondary N) is 1. The van der Waals surface area contributed by atoms with Crippen LogP contribution in [-0.2, 0) is 19.1 Å². The van der Waals surface area contributed by atoms with Crippen molar-refractivity contribution in [3.05, 3.63) is 32.6 Å². The van der Waals surface area contributed by atoms with E-state index in [2.05, 4.69) is 4.98 Å². The van der Waals surface area contributed by atoms with E-state index in [9.17, 15) is 24.3 Å². The number of aromatic amines is 1. The SMILES string of the molecule is Cc1cn([C@H]2C[C@H](OC(CC(=O)O)C(=O)O)[C@@H](CO)O2)c(=O)[nH]c1=O. The second-order valence-electron chi connectivity index (χ2n) is 5.63. The highest BCUT2D eigenvalue weighted by molar-refractivity contribution is 5.79. The Kier molecular flexibility index (Phi) is 5.72. The number of ether oxygens (including phenoxy) is 2. The van der Waals surface area contributed by atoms with E-state index < -0.39 is 60.8 Å². The Balaban J connectivity index is 2.21. The summed E-state index contributed by atoms with van der Waals surface area (Å²) in [6.07, 6.45) is -3.87. The van der Waals surface area contributed by atoms with Crippen LogP contribution in [0.3, 0.4) is 0 Å². The summed E-state index contributed by atoms with van der Waals surface area (Å²) in [5.74, 6) is -2.81. The fourth-order valence-corrected chi connectivity index (χ4v) is 2.54. The van der Waals surface area contributed by atoms with Crippen LogP contribution in [0.2, 0.25) is 0 Å². The van der Waals surface area contributed by atoms with Gasteiger partial charge in [-0.25, -0.2) is 9.59 Å². The van der Waals surface area contributed by atoms with Gasteiger partial charge in [0.25, 0.3) is 5.56 Å². The van der Waals surface area contributed by atoms with Crippen LogP contribution in [0.1, 0.15) is 24.6 Å².